The summed E-state index contributed by atoms with van der Waals surface area (Å²) in [5, 5.41) is 15.5. The molecule has 0 saturated heterocycles. The minimum absolute atomic E-state index is 0.00910. The molecule has 0 spiro atoms. The van der Waals surface area contributed by atoms with Crippen LogP contribution in [0.15, 0.2) is 30.3 Å². The van der Waals surface area contributed by atoms with Crippen molar-refractivity contribution in [1.29, 1.82) is 0 Å². The minimum atomic E-state index is -0.528. The average Bonchev–Trinajstić information content (AvgIpc) is 2.90. The zero-order valence-corrected chi connectivity index (χ0v) is 15.4. The third kappa shape index (κ3) is 5.16. The Bertz CT molecular complexity index is 813. The lowest BCUT2D eigenvalue weighted by Crippen LogP contribution is -2.01. The van der Waals surface area contributed by atoms with Crippen LogP contribution < -0.4 is 0 Å². The number of halogens is 1. The van der Waals surface area contributed by atoms with Gasteiger partial charge < -0.3 is 4.74 Å². The highest BCUT2D eigenvalue weighted by Crippen LogP contribution is 2.22. The molecule has 2 aromatic rings. The summed E-state index contributed by atoms with van der Waals surface area (Å²) in [6, 6.07) is 5.83. The number of esters is 1. The van der Waals surface area contributed by atoms with E-state index in [9.17, 15) is 14.9 Å². The van der Waals surface area contributed by atoms with Crippen molar-refractivity contribution in [3.05, 3.63) is 62.4 Å². The van der Waals surface area contributed by atoms with E-state index in [-0.39, 0.29) is 12.3 Å². The molecule has 0 unspecified atom stereocenters. The van der Waals surface area contributed by atoms with E-state index in [2.05, 4.69) is 12.0 Å². The van der Waals surface area contributed by atoms with Crippen molar-refractivity contribution < 1.29 is 14.5 Å². The number of aryl methyl sites for hydroxylation is 2. The van der Waals surface area contributed by atoms with Gasteiger partial charge in [-0.1, -0.05) is 24.9 Å². The molecule has 0 bridgehead atoms. The van der Waals surface area contributed by atoms with Crippen molar-refractivity contribution in [2.45, 2.75) is 39.8 Å². The van der Waals surface area contributed by atoms with Crippen LogP contribution in [-0.2, 0) is 22.7 Å². The van der Waals surface area contributed by atoms with Crippen LogP contribution in [0.4, 0.5) is 5.69 Å². The van der Waals surface area contributed by atoms with Gasteiger partial charge in [-0.15, -0.1) is 0 Å². The van der Waals surface area contributed by atoms with Gasteiger partial charge in [0.15, 0.2) is 0 Å². The van der Waals surface area contributed by atoms with E-state index >= 15 is 0 Å². The maximum Gasteiger partial charge on any atom is 0.331 e. The lowest BCUT2D eigenvalue weighted by molar-refractivity contribution is -0.384. The normalized spacial score (nSPS) is 11.0. The summed E-state index contributed by atoms with van der Waals surface area (Å²) >= 11 is 6.30. The highest BCUT2D eigenvalue weighted by atomic mass is 35.5. The Hall–Kier alpha value is -2.67. The number of nitrogens with zero attached hydrogens (tertiary/aromatic N) is 3. The molecule has 0 saturated carbocycles. The highest BCUT2D eigenvalue weighted by Gasteiger charge is 2.11. The first-order valence-electron chi connectivity index (χ1n) is 8.23. The van der Waals surface area contributed by atoms with Gasteiger partial charge in [-0.2, -0.15) is 5.10 Å². The van der Waals surface area contributed by atoms with Gasteiger partial charge >= 0.3 is 5.97 Å². The number of non-ortho nitro benzene ring substituents is 1. The van der Waals surface area contributed by atoms with E-state index in [1.165, 1.54) is 18.2 Å². The van der Waals surface area contributed by atoms with Gasteiger partial charge in [0.25, 0.3) is 5.69 Å². The molecule has 0 aliphatic heterocycles. The third-order valence-corrected chi connectivity index (χ3v) is 4.15. The summed E-state index contributed by atoms with van der Waals surface area (Å²) in [7, 11) is 0. The van der Waals surface area contributed by atoms with Gasteiger partial charge in [0.1, 0.15) is 11.8 Å². The van der Waals surface area contributed by atoms with Gasteiger partial charge in [-0.25, -0.2) is 4.79 Å². The van der Waals surface area contributed by atoms with Gasteiger partial charge in [-0.3, -0.25) is 14.8 Å². The van der Waals surface area contributed by atoms with Crippen LogP contribution in [-0.4, -0.2) is 20.7 Å². The number of ether oxygens (including phenoxy) is 1. The first-order chi connectivity index (χ1) is 12.4. The standard InChI is InChI=1S/C18H20ClN3O4/c1-3-4-11-21-18(19)16(13(2)20-21)9-10-17(23)26-12-14-5-7-15(8-6-14)22(24)25/h5-10H,3-4,11-12H2,1-2H3/b10-9+. The number of unbranched alkanes of at least 4 members (excludes halogenated alkanes) is 1. The molecule has 0 amide bonds. The Balaban J connectivity index is 1.95. The molecule has 1 heterocycles. The van der Waals surface area contributed by atoms with E-state index in [0.29, 0.717) is 16.3 Å². The van der Waals surface area contributed by atoms with E-state index in [4.69, 9.17) is 16.3 Å². The average molecular weight is 378 g/mol. The highest BCUT2D eigenvalue weighted by molar-refractivity contribution is 6.31. The molecule has 26 heavy (non-hydrogen) atoms. The Labute approximate surface area is 156 Å². The number of nitro benzene ring substituents is 1. The van der Waals surface area contributed by atoms with E-state index < -0.39 is 10.9 Å². The molecule has 0 aliphatic rings. The zero-order valence-electron chi connectivity index (χ0n) is 14.6. The van der Waals surface area contributed by atoms with Crippen molar-refractivity contribution in [3.63, 3.8) is 0 Å². The second-order valence-corrected chi connectivity index (χ2v) is 6.09. The summed E-state index contributed by atoms with van der Waals surface area (Å²) in [6.45, 7) is 4.68. The monoisotopic (exact) mass is 377 g/mol. The molecular weight excluding hydrogens is 358 g/mol. The van der Waals surface area contributed by atoms with Crippen LogP contribution in [0.1, 0.15) is 36.6 Å². The van der Waals surface area contributed by atoms with E-state index in [1.54, 1.807) is 22.9 Å². The summed E-state index contributed by atoms with van der Waals surface area (Å²) < 4.78 is 6.86. The minimum Gasteiger partial charge on any atom is -0.458 e. The van der Waals surface area contributed by atoms with Crippen molar-refractivity contribution in [1.82, 2.24) is 9.78 Å². The van der Waals surface area contributed by atoms with Crippen molar-refractivity contribution >= 4 is 29.3 Å². The van der Waals surface area contributed by atoms with Gasteiger partial charge in [-0.05, 0) is 37.1 Å². The van der Waals surface area contributed by atoms with Crippen LogP contribution in [0.25, 0.3) is 6.08 Å². The molecule has 0 fully saturated rings. The smallest absolute Gasteiger partial charge is 0.331 e. The number of aromatic nitrogens is 2. The molecule has 1 aromatic heterocycles. The molecule has 2 rings (SSSR count). The summed E-state index contributed by atoms with van der Waals surface area (Å²) in [5.41, 5.74) is 2.09. The number of carbonyl (C=O) groups is 1. The maximum absolute atomic E-state index is 11.9. The predicted octanol–water partition coefficient (Wildman–Crippen LogP) is 4.31. The Morgan fingerprint density at radius 1 is 1.38 bits per heavy atom. The first kappa shape index (κ1) is 19.7. The Morgan fingerprint density at radius 3 is 2.69 bits per heavy atom. The third-order valence-electron chi connectivity index (χ3n) is 3.75. The van der Waals surface area contributed by atoms with Crippen molar-refractivity contribution in [3.8, 4) is 0 Å². The molecule has 7 nitrogen and oxygen atoms in total. The van der Waals surface area contributed by atoms with Crippen LogP contribution in [0.5, 0.6) is 0 Å². The van der Waals surface area contributed by atoms with Crippen LogP contribution >= 0.6 is 11.6 Å². The Kier molecular flexibility index (Phi) is 6.91. The molecule has 0 aliphatic carbocycles. The van der Waals surface area contributed by atoms with Gasteiger partial charge in [0, 0.05) is 30.3 Å². The number of hydrogen-bond acceptors (Lipinski definition) is 5. The molecule has 8 heteroatoms. The fourth-order valence-electron chi connectivity index (χ4n) is 2.28. The van der Waals surface area contributed by atoms with E-state index in [0.717, 1.165) is 25.1 Å². The molecule has 0 atom stereocenters. The fraction of sp³-hybridized carbons (Fsp3) is 0.333. The quantitative estimate of drug-likeness (QED) is 0.296. The van der Waals surface area contributed by atoms with Gasteiger partial charge in [0.2, 0.25) is 0 Å². The number of carbonyl (C=O) groups excluding carboxylic acids is 1. The van der Waals surface area contributed by atoms with Crippen molar-refractivity contribution in [2.24, 2.45) is 0 Å². The largest absolute Gasteiger partial charge is 0.458 e. The number of rotatable bonds is 8. The predicted molar refractivity (Wildman–Crippen MR) is 98.8 cm³/mol. The number of hydrogen-bond donors (Lipinski definition) is 0. The summed E-state index contributed by atoms with van der Waals surface area (Å²) in [4.78, 5) is 22.0. The van der Waals surface area contributed by atoms with Crippen molar-refractivity contribution in [2.75, 3.05) is 0 Å². The topological polar surface area (TPSA) is 87.3 Å². The summed E-state index contributed by atoms with van der Waals surface area (Å²) in [5.74, 6) is -0.528. The maximum atomic E-state index is 11.9. The zero-order chi connectivity index (χ0) is 19.1. The molecular formula is C18H20ClN3O4. The number of nitro groups is 1. The first-order valence-corrected chi connectivity index (χ1v) is 8.61. The lowest BCUT2D eigenvalue weighted by Gasteiger charge is -2.02. The second-order valence-electron chi connectivity index (χ2n) is 5.73. The lowest BCUT2D eigenvalue weighted by atomic mass is 10.2. The van der Waals surface area contributed by atoms with Gasteiger partial charge in [0.05, 0.1) is 10.6 Å². The fourth-order valence-corrected chi connectivity index (χ4v) is 2.60. The SMILES string of the molecule is CCCCn1nc(C)c(/C=C/C(=O)OCc2ccc([N+](=O)[O-])cc2)c1Cl. The van der Waals surface area contributed by atoms with Crippen LogP contribution in [0.2, 0.25) is 5.15 Å². The Morgan fingerprint density at radius 2 is 2.08 bits per heavy atom. The molecule has 138 valence electrons. The summed E-state index contributed by atoms with van der Waals surface area (Å²) in [6.07, 6.45) is 4.90. The number of benzene rings is 1. The molecule has 0 radical (unpaired) electrons. The second kappa shape index (κ2) is 9.15. The molecule has 1 aromatic carbocycles. The van der Waals surface area contributed by atoms with Crippen LogP contribution in [0, 0.1) is 17.0 Å². The molecule has 0 N–H and O–H groups in total. The van der Waals surface area contributed by atoms with Crippen LogP contribution in [0.3, 0.4) is 0 Å². The van der Waals surface area contributed by atoms with E-state index in [1.807, 2.05) is 6.92 Å².